The third kappa shape index (κ3) is 4.12. The molecule has 0 fully saturated rings. The summed E-state index contributed by atoms with van der Waals surface area (Å²) in [6.45, 7) is 10.8. The molecule has 0 spiro atoms. The molecule has 1 atom stereocenters. The van der Waals surface area contributed by atoms with E-state index in [0.29, 0.717) is 12.4 Å². The lowest BCUT2D eigenvalue weighted by atomic mass is 9.95. The Labute approximate surface area is 187 Å². The average Bonchev–Trinajstić information content (AvgIpc) is 3.43. The fourth-order valence-corrected chi connectivity index (χ4v) is 3.76. The first-order valence-corrected chi connectivity index (χ1v) is 10.9. The molecular formula is C24H29N7O. The number of hydrogen-bond acceptors (Lipinski definition) is 5. The number of benzene rings is 2. The second kappa shape index (κ2) is 8.53. The molecule has 0 saturated carbocycles. The number of aromatic nitrogens is 7. The first-order chi connectivity index (χ1) is 15.3. The van der Waals surface area contributed by atoms with Crippen molar-refractivity contribution in [2.24, 2.45) is 0 Å². The first kappa shape index (κ1) is 21.7. The summed E-state index contributed by atoms with van der Waals surface area (Å²) >= 11 is 0. The number of nitrogens with zero attached hydrogens (tertiary/aromatic N) is 6. The van der Waals surface area contributed by atoms with Crippen molar-refractivity contribution in [1.82, 2.24) is 35.0 Å². The predicted octanol–water partition coefficient (Wildman–Crippen LogP) is 4.21. The van der Waals surface area contributed by atoms with E-state index in [2.05, 4.69) is 72.6 Å². The highest BCUT2D eigenvalue weighted by atomic mass is 16.2. The van der Waals surface area contributed by atoms with Gasteiger partial charge in [0.15, 0.2) is 5.82 Å². The molecule has 1 N–H and O–H groups in total. The van der Waals surface area contributed by atoms with Crippen LogP contribution in [0, 0.1) is 0 Å². The predicted molar refractivity (Wildman–Crippen MR) is 124 cm³/mol. The van der Waals surface area contributed by atoms with Gasteiger partial charge in [-0.05, 0) is 40.5 Å². The summed E-state index contributed by atoms with van der Waals surface area (Å²) in [5.41, 5.74) is 3.78. The maximum Gasteiger partial charge on any atom is 0.346 e. The van der Waals surface area contributed by atoms with Gasteiger partial charge in [-0.3, -0.25) is 4.57 Å². The molecule has 8 nitrogen and oxygen atoms in total. The molecule has 0 aliphatic rings. The van der Waals surface area contributed by atoms with E-state index < -0.39 is 0 Å². The molecule has 4 aromatic rings. The highest BCUT2D eigenvalue weighted by Gasteiger charge is 2.26. The number of tetrazole rings is 1. The first-order valence-electron chi connectivity index (χ1n) is 10.9. The van der Waals surface area contributed by atoms with Crippen LogP contribution in [-0.4, -0.2) is 35.0 Å². The quantitative estimate of drug-likeness (QED) is 0.493. The Hall–Kier alpha value is -3.55. The van der Waals surface area contributed by atoms with E-state index in [9.17, 15) is 4.79 Å². The molecule has 166 valence electrons. The summed E-state index contributed by atoms with van der Waals surface area (Å²) in [5, 5.41) is 19.0. The van der Waals surface area contributed by atoms with Gasteiger partial charge in [0.25, 0.3) is 0 Å². The average molecular weight is 432 g/mol. The van der Waals surface area contributed by atoms with Crippen LogP contribution in [-0.2, 0) is 12.0 Å². The van der Waals surface area contributed by atoms with E-state index in [-0.39, 0.29) is 17.1 Å². The molecule has 2 heterocycles. The lowest BCUT2D eigenvalue weighted by Gasteiger charge is -2.18. The summed E-state index contributed by atoms with van der Waals surface area (Å²) < 4.78 is 3.42. The molecule has 0 radical (unpaired) electrons. The summed E-state index contributed by atoms with van der Waals surface area (Å²) in [5.74, 6) is 1.43. The Morgan fingerprint density at radius 1 is 1.03 bits per heavy atom. The van der Waals surface area contributed by atoms with E-state index in [1.807, 2.05) is 31.2 Å². The van der Waals surface area contributed by atoms with Crippen LogP contribution in [0.5, 0.6) is 0 Å². The molecule has 0 saturated heterocycles. The van der Waals surface area contributed by atoms with Crippen molar-refractivity contribution in [3.05, 3.63) is 70.4 Å². The van der Waals surface area contributed by atoms with Gasteiger partial charge in [0, 0.05) is 11.0 Å². The van der Waals surface area contributed by atoms with Gasteiger partial charge in [-0.15, -0.1) is 5.10 Å². The smallest absolute Gasteiger partial charge is 0.274 e. The Morgan fingerprint density at radius 2 is 1.72 bits per heavy atom. The summed E-state index contributed by atoms with van der Waals surface area (Å²) in [7, 11) is 0. The minimum atomic E-state index is -0.234. The fraction of sp³-hybridized carbons (Fsp3) is 0.375. The van der Waals surface area contributed by atoms with E-state index >= 15 is 0 Å². The zero-order valence-electron chi connectivity index (χ0n) is 19.2. The van der Waals surface area contributed by atoms with Gasteiger partial charge in [-0.1, -0.05) is 76.2 Å². The molecule has 0 aliphatic carbocycles. The maximum atomic E-state index is 13.1. The minimum absolute atomic E-state index is 0.0588. The van der Waals surface area contributed by atoms with Crippen LogP contribution in [0.1, 0.15) is 58.5 Å². The highest BCUT2D eigenvalue weighted by molar-refractivity contribution is 5.80. The summed E-state index contributed by atoms with van der Waals surface area (Å²) in [6, 6.07) is 16.3. The maximum absolute atomic E-state index is 13.1. The fourth-order valence-electron chi connectivity index (χ4n) is 3.76. The topological polar surface area (TPSA) is 94.3 Å². The van der Waals surface area contributed by atoms with E-state index in [0.717, 1.165) is 34.5 Å². The van der Waals surface area contributed by atoms with Crippen molar-refractivity contribution in [2.45, 2.75) is 59.0 Å². The van der Waals surface area contributed by atoms with Gasteiger partial charge in [-0.2, -0.15) is 5.10 Å². The van der Waals surface area contributed by atoms with Gasteiger partial charge in [0.1, 0.15) is 5.82 Å². The van der Waals surface area contributed by atoms with Crippen LogP contribution in [0.15, 0.2) is 53.3 Å². The molecule has 0 aliphatic heterocycles. The Balaban J connectivity index is 1.68. The second-order valence-electron chi connectivity index (χ2n) is 9.14. The molecule has 0 bridgehead atoms. The lowest BCUT2D eigenvalue weighted by Crippen LogP contribution is -2.29. The van der Waals surface area contributed by atoms with Gasteiger partial charge in [0.2, 0.25) is 0 Å². The van der Waals surface area contributed by atoms with Gasteiger partial charge in [0.05, 0.1) is 12.6 Å². The zero-order valence-corrected chi connectivity index (χ0v) is 19.2. The van der Waals surface area contributed by atoms with Gasteiger partial charge in [-0.25, -0.2) is 14.6 Å². The van der Waals surface area contributed by atoms with Crippen LogP contribution < -0.4 is 5.69 Å². The van der Waals surface area contributed by atoms with Crippen LogP contribution in [0.4, 0.5) is 0 Å². The van der Waals surface area contributed by atoms with Crippen molar-refractivity contribution in [3.8, 4) is 22.5 Å². The standard InChI is InChI=1S/C24H29N7O/c1-6-16(2)31-23(32)30(22(27-31)24(3,4)5)15-17-11-13-18(14-12-17)19-9-7-8-10-20(19)21-25-28-29-26-21/h7-14,16H,6,15H2,1-5H3,(H,25,26,28,29). The molecule has 4 rings (SSSR count). The largest absolute Gasteiger partial charge is 0.346 e. The van der Waals surface area contributed by atoms with Gasteiger partial charge >= 0.3 is 5.69 Å². The van der Waals surface area contributed by atoms with Crippen molar-refractivity contribution in [2.75, 3.05) is 0 Å². The van der Waals surface area contributed by atoms with Crippen molar-refractivity contribution in [3.63, 3.8) is 0 Å². The lowest BCUT2D eigenvalue weighted by molar-refractivity contribution is 0.448. The van der Waals surface area contributed by atoms with E-state index in [1.54, 1.807) is 9.25 Å². The van der Waals surface area contributed by atoms with E-state index in [1.165, 1.54) is 0 Å². The summed E-state index contributed by atoms with van der Waals surface area (Å²) in [4.78, 5) is 13.1. The number of H-pyrrole nitrogens is 1. The molecule has 1 unspecified atom stereocenters. The SMILES string of the molecule is CCC(C)n1nc(C(C)(C)C)n(Cc2ccc(-c3ccccc3-c3nnn[nH]3)cc2)c1=O. The highest BCUT2D eigenvalue weighted by Crippen LogP contribution is 2.30. The normalized spacial score (nSPS) is 12.8. The number of rotatable bonds is 6. The second-order valence-corrected chi connectivity index (χ2v) is 9.14. The van der Waals surface area contributed by atoms with Gasteiger partial charge < -0.3 is 0 Å². The van der Waals surface area contributed by atoms with Crippen LogP contribution in [0.2, 0.25) is 0 Å². The van der Waals surface area contributed by atoms with E-state index in [4.69, 9.17) is 5.10 Å². The van der Waals surface area contributed by atoms with Crippen molar-refractivity contribution in [1.29, 1.82) is 0 Å². The molecule has 2 aromatic heterocycles. The molecular weight excluding hydrogens is 402 g/mol. The molecule has 0 amide bonds. The third-order valence-electron chi connectivity index (χ3n) is 5.70. The van der Waals surface area contributed by atoms with Crippen LogP contribution >= 0.6 is 0 Å². The molecule has 2 aromatic carbocycles. The monoisotopic (exact) mass is 431 g/mol. The Bertz CT molecular complexity index is 1240. The van der Waals surface area contributed by atoms with Crippen molar-refractivity contribution < 1.29 is 0 Å². The third-order valence-corrected chi connectivity index (χ3v) is 5.70. The zero-order chi connectivity index (χ0) is 22.9. The number of nitrogens with one attached hydrogen (secondary N) is 1. The number of aromatic amines is 1. The molecule has 32 heavy (non-hydrogen) atoms. The van der Waals surface area contributed by atoms with Crippen molar-refractivity contribution >= 4 is 0 Å². The summed E-state index contributed by atoms with van der Waals surface area (Å²) in [6.07, 6.45) is 0.856. The van der Waals surface area contributed by atoms with Crippen LogP contribution in [0.3, 0.4) is 0 Å². The minimum Gasteiger partial charge on any atom is -0.274 e. The molecule has 8 heteroatoms. The van der Waals surface area contributed by atoms with Crippen LogP contribution in [0.25, 0.3) is 22.5 Å². The Kier molecular flexibility index (Phi) is 5.78. The number of hydrogen-bond donors (Lipinski definition) is 1. The Morgan fingerprint density at radius 3 is 2.31 bits per heavy atom.